The van der Waals surface area contributed by atoms with E-state index in [9.17, 15) is 9.59 Å². The Bertz CT molecular complexity index is 317. The lowest BCUT2D eigenvalue weighted by molar-refractivity contribution is -0.141. The molecule has 0 aromatic carbocycles. The summed E-state index contributed by atoms with van der Waals surface area (Å²) in [5, 5.41) is 3.28. The van der Waals surface area contributed by atoms with Crippen molar-refractivity contribution >= 4 is 11.8 Å². The van der Waals surface area contributed by atoms with Gasteiger partial charge < -0.3 is 5.32 Å². The predicted molar refractivity (Wildman–Crippen MR) is 54.1 cm³/mol. The number of likely N-dealkylation sites (tertiary alicyclic amines) is 1. The van der Waals surface area contributed by atoms with Crippen LogP contribution in [0, 0.1) is 0 Å². The summed E-state index contributed by atoms with van der Waals surface area (Å²) in [7, 11) is 0. The summed E-state index contributed by atoms with van der Waals surface area (Å²) in [6.07, 6.45) is 5.42. The van der Waals surface area contributed by atoms with E-state index in [4.69, 9.17) is 0 Å². The maximum atomic E-state index is 12.2. The summed E-state index contributed by atoms with van der Waals surface area (Å²) in [5.74, 6) is 0.0894. The summed E-state index contributed by atoms with van der Waals surface area (Å²) in [6.45, 7) is 0.873. The molecule has 0 aromatic rings. The van der Waals surface area contributed by atoms with Crippen molar-refractivity contribution in [3.05, 3.63) is 0 Å². The summed E-state index contributed by atoms with van der Waals surface area (Å²) < 4.78 is 0. The molecule has 2 aliphatic heterocycles. The second-order valence-corrected chi connectivity index (χ2v) is 4.94. The van der Waals surface area contributed by atoms with Crippen LogP contribution >= 0.6 is 0 Å². The van der Waals surface area contributed by atoms with Crippen LogP contribution in [0.5, 0.6) is 0 Å². The van der Waals surface area contributed by atoms with Gasteiger partial charge in [0, 0.05) is 6.04 Å². The van der Waals surface area contributed by atoms with Crippen LogP contribution in [0.1, 0.15) is 38.5 Å². The maximum absolute atomic E-state index is 12.2. The van der Waals surface area contributed by atoms with Crippen LogP contribution in [0.4, 0.5) is 0 Å². The number of piperidine rings is 1. The maximum Gasteiger partial charge on any atom is 0.250 e. The second-order valence-electron chi connectivity index (χ2n) is 4.94. The molecule has 0 aromatic heterocycles. The van der Waals surface area contributed by atoms with Crippen LogP contribution < -0.4 is 5.32 Å². The number of amides is 2. The van der Waals surface area contributed by atoms with Gasteiger partial charge in [-0.05, 0) is 38.6 Å². The van der Waals surface area contributed by atoms with Gasteiger partial charge in [-0.25, -0.2) is 0 Å². The second kappa shape index (κ2) is 3.04. The summed E-state index contributed by atoms with van der Waals surface area (Å²) in [4.78, 5) is 25.5. The highest BCUT2D eigenvalue weighted by Gasteiger charge is 2.55. The van der Waals surface area contributed by atoms with Crippen molar-refractivity contribution in [2.45, 2.75) is 50.1 Å². The molecule has 0 bridgehead atoms. The first-order chi connectivity index (χ1) is 7.23. The molecule has 2 heterocycles. The van der Waals surface area contributed by atoms with Crippen molar-refractivity contribution in [3.63, 3.8) is 0 Å². The van der Waals surface area contributed by atoms with E-state index in [1.54, 1.807) is 0 Å². The minimum Gasteiger partial charge on any atom is -0.303 e. The van der Waals surface area contributed by atoms with Crippen molar-refractivity contribution in [1.82, 2.24) is 10.2 Å². The fraction of sp³-hybridized carbons (Fsp3) is 0.818. The molecule has 4 nitrogen and oxygen atoms in total. The summed E-state index contributed by atoms with van der Waals surface area (Å²) >= 11 is 0. The molecule has 2 saturated heterocycles. The highest BCUT2D eigenvalue weighted by atomic mass is 16.2. The molecule has 3 rings (SSSR count). The smallest absolute Gasteiger partial charge is 0.250 e. The summed E-state index contributed by atoms with van der Waals surface area (Å²) in [6, 6.07) is 0.230. The predicted octanol–water partition coefficient (Wildman–Crippen LogP) is 0.420. The molecule has 82 valence electrons. The molecule has 1 saturated carbocycles. The van der Waals surface area contributed by atoms with Crippen molar-refractivity contribution in [3.8, 4) is 0 Å². The molecule has 3 fully saturated rings. The standard InChI is InChI=1S/C11H16N2O2/c14-9-7-11(5-1-2-6-12-11)10(15)13(9)8-3-4-8/h8,12H,1-7H2. The fourth-order valence-corrected chi connectivity index (χ4v) is 2.77. The Labute approximate surface area is 89.0 Å². The third kappa shape index (κ3) is 1.31. The Kier molecular flexibility index (Phi) is 1.89. The van der Waals surface area contributed by atoms with Crippen molar-refractivity contribution < 1.29 is 9.59 Å². The number of carbonyl (C=O) groups excluding carboxylic acids is 2. The number of rotatable bonds is 1. The van der Waals surface area contributed by atoms with E-state index in [0.717, 1.165) is 38.6 Å². The molecule has 1 unspecified atom stereocenters. The highest BCUT2D eigenvalue weighted by molar-refractivity contribution is 6.09. The number of hydrogen-bond acceptors (Lipinski definition) is 3. The quantitative estimate of drug-likeness (QED) is 0.635. The molecule has 1 N–H and O–H groups in total. The normalized spacial score (nSPS) is 36.7. The van der Waals surface area contributed by atoms with Crippen molar-refractivity contribution in [2.75, 3.05) is 6.54 Å². The molecule has 15 heavy (non-hydrogen) atoms. The van der Waals surface area contributed by atoms with Gasteiger partial charge in [0.05, 0.1) is 6.42 Å². The molecule has 1 atom stereocenters. The average Bonchev–Trinajstić information content (AvgIpc) is 3.00. The first-order valence-electron chi connectivity index (χ1n) is 5.84. The Hall–Kier alpha value is -0.900. The van der Waals surface area contributed by atoms with Gasteiger partial charge in [0.1, 0.15) is 5.54 Å². The van der Waals surface area contributed by atoms with Gasteiger partial charge in [0.2, 0.25) is 11.8 Å². The van der Waals surface area contributed by atoms with Crippen LogP contribution in [0.3, 0.4) is 0 Å². The van der Waals surface area contributed by atoms with Gasteiger partial charge in [-0.2, -0.15) is 0 Å². The van der Waals surface area contributed by atoms with Crippen LogP contribution in [-0.2, 0) is 9.59 Å². The number of nitrogens with one attached hydrogen (secondary N) is 1. The first-order valence-corrected chi connectivity index (χ1v) is 5.84. The highest BCUT2D eigenvalue weighted by Crippen LogP contribution is 2.38. The lowest BCUT2D eigenvalue weighted by Gasteiger charge is -2.32. The van der Waals surface area contributed by atoms with E-state index in [1.807, 2.05) is 0 Å². The average molecular weight is 208 g/mol. The van der Waals surface area contributed by atoms with Crippen molar-refractivity contribution in [1.29, 1.82) is 0 Å². The largest absolute Gasteiger partial charge is 0.303 e. The van der Waals surface area contributed by atoms with Crippen LogP contribution in [0.25, 0.3) is 0 Å². The third-order valence-electron chi connectivity index (χ3n) is 3.76. The van der Waals surface area contributed by atoms with Crippen LogP contribution in [0.15, 0.2) is 0 Å². The number of nitrogens with zero attached hydrogens (tertiary/aromatic N) is 1. The SMILES string of the molecule is O=C1CC2(CCCCN2)C(=O)N1C1CC1. The monoisotopic (exact) mass is 208 g/mol. The molecule has 2 amide bonds. The zero-order chi connectivity index (χ0) is 10.5. The molecule has 3 aliphatic rings. The van der Waals surface area contributed by atoms with E-state index in [1.165, 1.54) is 4.90 Å². The molecule has 4 heteroatoms. The molecular weight excluding hydrogens is 192 g/mol. The Morgan fingerprint density at radius 2 is 2.07 bits per heavy atom. The minimum absolute atomic E-state index is 0.0388. The molecule has 1 aliphatic carbocycles. The van der Waals surface area contributed by atoms with Gasteiger partial charge in [0.25, 0.3) is 0 Å². The lowest BCUT2D eigenvalue weighted by atomic mass is 9.87. The molecule has 1 spiro atoms. The van der Waals surface area contributed by atoms with E-state index >= 15 is 0 Å². The Balaban J connectivity index is 1.86. The minimum atomic E-state index is -0.516. The van der Waals surface area contributed by atoms with Crippen LogP contribution in [0.2, 0.25) is 0 Å². The molecule has 0 radical (unpaired) electrons. The third-order valence-corrected chi connectivity index (χ3v) is 3.76. The van der Waals surface area contributed by atoms with Gasteiger partial charge in [-0.15, -0.1) is 0 Å². The lowest BCUT2D eigenvalue weighted by Crippen LogP contribution is -2.54. The first kappa shape index (κ1) is 9.33. The fourth-order valence-electron chi connectivity index (χ4n) is 2.77. The van der Waals surface area contributed by atoms with Crippen molar-refractivity contribution in [2.24, 2.45) is 0 Å². The molecular formula is C11H16N2O2. The van der Waals surface area contributed by atoms with E-state index < -0.39 is 5.54 Å². The zero-order valence-electron chi connectivity index (χ0n) is 8.79. The van der Waals surface area contributed by atoms with Gasteiger partial charge in [-0.3, -0.25) is 14.5 Å². The van der Waals surface area contributed by atoms with Gasteiger partial charge in [-0.1, -0.05) is 0 Å². The van der Waals surface area contributed by atoms with E-state index in [0.29, 0.717) is 6.42 Å². The number of imide groups is 1. The zero-order valence-corrected chi connectivity index (χ0v) is 8.79. The Morgan fingerprint density at radius 3 is 2.67 bits per heavy atom. The number of hydrogen-bond donors (Lipinski definition) is 1. The Morgan fingerprint density at radius 1 is 1.27 bits per heavy atom. The van der Waals surface area contributed by atoms with Gasteiger partial charge >= 0.3 is 0 Å². The van der Waals surface area contributed by atoms with Gasteiger partial charge in [0.15, 0.2) is 0 Å². The van der Waals surface area contributed by atoms with E-state index in [2.05, 4.69) is 5.32 Å². The number of carbonyl (C=O) groups is 2. The van der Waals surface area contributed by atoms with Crippen LogP contribution in [-0.4, -0.2) is 34.8 Å². The summed E-state index contributed by atoms with van der Waals surface area (Å²) in [5.41, 5.74) is -0.516. The van der Waals surface area contributed by atoms with E-state index in [-0.39, 0.29) is 17.9 Å². The topological polar surface area (TPSA) is 49.4 Å².